The van der Waals surface area contributed by atoms with Crippen molar-refractivity contribution in [2.75, 3.05) is 0 Å². The number of rotatable bonds is 2. The lowest BCUT2D eigenvalue weighted by Gasteiger charge is -2.15. The molecule has 0 aliphatic rings. The minimum Gasteiger partial charge on any atom is -0.481 e. The Morgan fingerprint density at radius 1 is 1.47 bits per heavy atom. The molecular weight excluding hydrogens is 231 g/mol. The van der Waals surface area contributed by atoms with Gasteiger partial charge >= 0.3 is 12.1 Å². The van der Waals surface area contributed by atoms with Crippen LogP contribution in [0.3, 0.4) is 0 Å². The van der Waals surface area contributed by atoms with Gasteiger partial charge in [0.2, 0.25) is 0 Å². The van der Waals surface area contributed by atoms with Crippen LogP contribution in [0.1, 0.15) is 24.5 Å². The van der Waals surface area contributed by atoms with E-state index in [1.807, 2.05) is 0 Å². The maximum absolute atomic E-state index is 12.2. The molecule has 0 aromatic carbocycles. The van der Waals surface area contributed by atoms with Crippen LogP contribution < -0.4 is 0 Å². The van der Waals surface area contributed by atoms with Crippen LogP contribution in [0.25, 0.3) is 0 Å². The predicted molar refractivity (Wildman–Crippen MR) is 47.8 cm³/mol. The Morgan fingerprint density at radius 3 is 2.33 bits per heavy atom. The van der Waals surface area contributed by atoms with Crippen LogP contribution in [-0.4, -0.2) is 16.1 Å². The molecule has 0 saturated carbocycles. The highest BCUT2D eigenvalue weighted by Gasteiger charge is 2.38. The Hall–Kier alpha value is -1.11. The first kappa shape index (κ1) is 12.0. The lowest BCUT2D eigenvalue weighted by atomic mass is 9.90. The van der Waals surface area contributed by atoms with Gasteiger partial charge in [0, 0.05) is 5.38 Å². The molecule has 1 N–H and O–H groups in total. The van der Waals surface area contributed by atoms with Gasteiger partial charge in [-0.15, -0.1) is 11.3 Å². The van der Waals surface area contributed by atoms with E-state index in [9.17, 15) is 18.0 Å². The number of carboxylic acid groups (broad SMARTS) is 1. The van der Waals surface area contributed by atoms with E-state index in [0.717, 1.165) is 5.38 Å². The average molecular weight is 239 g/mol. The zero-order valence-electron chi connectivity index (χ0n) is 7.92. The summed E-state index contributed by atoms with van der Waals surface area (Å²) in [6, 6.07) is 0. The molecular formula is C8H8F3NO2S. The van der Waals surface area contributed by atoms with E-state index < -0.39 is 22.6 Å². The summed E-state index contributed by atoms with van der Waals surface area (Å²) < 4.78 is 36.6. The van der Waals surface area contributed by atoms with Gasteiger partial charge in [-0.2, -0.15) is 13.2 Å². The van der Waals surface area contributed by atoms with Crippen LogP contribution in [-0.2, 0) is 16.4 Å². The van der Waals surface area contributed by atoms with Crippen LogP contribution in [0.15, 0.2) is 5.38 Å². The minimum atomic E-state index is -4.52. The molecule has 15 heavy (non-hydrogen) atoms. The molecule has 84 valence electrons. The van der Waals surface area contributed by atoms with Gasteiger partial charge in [0.1, 0.15) is 5.41 Å². The van der Waals surface area contributed by atoms with Crippen LogP contribution in [0.2, 0.25) is 0 Å². The van der Waals surface area contributed by atoms with Crippen molar-refractivity contribution < 1.29 is 23.1 Å². The third kappa shape index (κ3) is 2.28. The maximum Gasteiger partial charge on any atom is 0.443 e. The first-order valence-corrected chi connectivity index (χ1v) is 4.80. The third-order valence-corrected chi connectivity index (χ3v) is 2.81. The molecule has 7 heteroatoms. The number of alkyl halides is 3. The van der Waals surface area contributed by atoms with E-state index in [1.54, 1.807) is 0 Å². The van der Waals surface area contributed by atoms with Crippen LogP contribution in [0, 0.1) is 0 Å². The summed E-state index contributed by atoms with van der Waals surface area (Å²) in [5.74, 6) is -1.21. The second-order valence-corrected chi connectivity index (χ2v) is 4.32. The van der Waals surface area contributed by atoms with Crippen molar-refractivity contribution in [3.05, 3.63) is 16.1 Å². The van der Waals surface area contributed by atoms with Gasteiger partial charge in [-0.25, -0.2) is 4.98 Å². The summed E-state index contributed by atoms with van der Waals surface area (Å²) in [6.07, 6.45) is -4.52. The quantitative estimate of drug-likeness (QED) is 0.862. The zero-order valence-corrected chi connectivity index (χ0v) is 8.74. The molecule has 0 saturated heterocycles. The van der Waals surface area contributed by atoms with Crippen molar-refractivity contribution >= 4 is 17.3 Å². The summed E-state index contributed by atoms with van der Waals surface area (Å²) in [5, 5.41) is 8.89. The first-order chi connectivity index (χ1) is 6.65. The molecule has 0 amide bonds. The summed E-state index contributed by atoms with van der Waals surface area (Å²) in [4.78, 5) is 14.1. The summed E-state index contributed by atoms with van der Waals surface area (Å²) >= 11 is 0.401. The Labute approximate surface area is 87.6 Å². The average Bonchev–Trinajstić information content (AvgIpc) is 2.50. The molecule has 0 aliphatic heterocycles. The van der Waals surface area contributed by atoms with E-state index in [2.05, 4.69) is 4.98 Å². The van der Waals surface area contributed by atoms with E-state index in [0.29, 0.717) is 11.3 Å². The number of carboxylic acids is 1. The molecule has 0 aliphatic carbocycles. The summed E-state index contributed by atoms with van der Waals surface area (Å²) in [6.45, 7) is 2.62. The number of hydrogen-bond acceptors (Lipinski definition) is 3. The third-order valence-electron chi connectivity index (χ3n) is 1.92. The summed E-state index contributed by atoms with van der Waals surface area (Å²) in [5.41, 5.74) is -1.48. The highest BCUT2D eigenvalue weighted by Crippen LogP contribution is 2.34. The molecule has 0 bridgehead atoms. The lowest BCUT2D eigenvalue weighted by Crippen LogP contribution is -2.29. The van der Waals surface area contributed by atoms with Gasteiger partial charge < -0.3 is 5.11 Å². The Morgan fingerprint density at radius 2 is 2.00 bits per heavy atom. The monoisotopic (exact) mass is 239 g/mol. The van der Waals surface area contributed by atoms with Gasteiger partial charge in [0.25, 0.3) is 0 Å². The number of nitrogens with zero attached hydrogens (tertiary/aromatic N) is 1. The van der Waals surface area contributed by atoms with Crippen molar-refractivity contribution in [1.82, 2.24) is 4.98 Å². The molecule has 0 atom stereocenters. The molecule has 1 aromatic rings. The van der Waals surface area contributed by atoms with Crippen LogP contribution in [0.5, 0.6) is 0 Å². The second kappa shape index (κ2) is 3.48. The van der Waals surface area contributed by atoms with Crippen molar-refractivity contribution in [2.24, 2.45) is 0 Å². The first-order valence-electron chi connectivity index (χ1n) is 3.92. The predicted octanol–water partition coefficient (Wildman–Crippen LogP) is 2.52. The topological polar surface area (TPSA) is 50.2 Å². The van der Waals surface area contributed by atoms with Gasteiger partial charge in [-0.05, 0) is 13.8 Å². The molecule has 3 nitrogen and oxygen atoms in total. The Balaban J connectivity index is 3.10. The molecule has 1 rings (SSSR count). The van der Waals surface area contributed by atoms with E-state index in [4.69, 9.17) is 5.11 Å². The lowest BCUT2D eigenvalue weighted by molar-refractivity contribution is -0.143. The number of thiazole rings is 1. The van der Waals surface area contributed by atoms with Crippen LogP contribution in [0.4, 0.5) is 13.2 Å². The summed E-state index contributed by atoms with van der Waals surface area (Å²) in [7, 11) is 0. The number of carbonyl (C=O) groups is 1. The van der Waals surface area contributed by atoms with Crippen molar-refractivity contribution in [1.29, 1.82) is 0 Å². The van der Waals surface area contributed by atoms with Crippen molar-refractivity contribution in [3.63, 3.8) is 0 Å². The maximum atomic E-state index is 12.2. The number of aliphatic carboxylic acids is 1. The smallest absolute Gasteiger partial charge is 0.443 e. The fourth-order valence-electron chi connectivity index (χ4n) is 0.801. The van der Waals surface area contributed by atoms with Crippen molar-refractivity contribution in [2.45, 2.75) is 25.4 Å². The van der Waals surface area contributed by atoms with E-state index >= 15 is 0 Å². The zero-order chi connectivity index (χ0) is 11.9. The van der Waals surface area contributed by atoms with Gasteiger partial charge in [0.05, 0.1) is 5.69 Å². The molecule has 1 heterocycles. The highest BCUT2D eigenvalue weighted by atomic mass is 32.1. The minimum absolute atomic E-state index is 0.0766. The molecule has 0 unspecified atom stereocenters. The van der Waals surface area contributed by atoms with E-state index in [1.165, 1.54) is 13.8 Å². The largest absolute Gasteiger partial charge is 0.481 e. The molecule has 0 spiro atoms. The SMILES string of the molecule is CC(C)(C(=O)O)c1csc(C(F)(F)F)n1. The Bertz CT molecular complexity index is 383. The van der Waals surface area contributed by atoms with Gasteiger partial charge in [0.15, 0.2) is 5.01 Å². The van der Waals surface area contributed by atoms with Gasteiger partial charge in [-0.3, -0.25) is 4.79 Å². The normalized spacial score (nSPS) is 12.9. The fourth-order valence-corrected chi connectivity index (χ4v) is 1.66. The van der Waals surface area contributed by atoms with Crippen LogP contribution >= 0.6 is 11.3 Å². The van der Waals surface area contributed by atoms with E-state index in [-0.39, 0.29) is 5.69 Å². The van der Waals surface area contributed by atoms with Crippen molar-refractivity contribution in [3.8, 4) is 0 Å². The molecule has 0 radical (unpaired) electrons. The highest BCUT2D eigenvalue weighted by molar-refractivity contribution is 7.09. The number of hydrogen-bond donors (Lipinski definition) is 1. The van der Waals surface area contributed by atoms with Gasteiger partial charge in [-0.1, -0.05) is 0 Å². The number of halogens is 3. The second-order valence-electron chi connectivity index (χ2n) is 3.47. The molecule has 0 fully saturated rings. The Kier molecular flexibility index (Phi) is 2.77. The number of aromatic nitrogens is 1. The fraction of sp³-hybridized carbons (Fsp3) is 0.500. The molecule has 1 aromatic heterocycles. The standard InChI is InChI=1S/C8H8F3NO2S/c1-7(2,6(13)14)4-3-15-5(12-4)8(9,10)11/h3H,1-2H3,(H,13,14).